The molecule has 2 aromatic rings. The van der Waals surface area contributed by atoms with E-state index in [0.29, 0.717) is 0 Å². The average molecular weight is 275 g/mol. The highest BCUT2D eigenvalue weighted by Gasteiger charge is 2.14. The fourth-order valence-electron chi connectivity index (χ4n) is 2.86. The molecule has 1 nitrogen and oxygen atoms in total. The maximum atomic E-state index is 3.22. The van der Waals surface area contributed by atoms with Gasteiger partial charge in [-0.05, 0) is 54.8 Å². The van der Waals surface area contributed by atoms with Crippen LogP contribution in [0.5, 0.6) is 0 Å². The lowest BCUT2D eigenvalue weighted by Crippen LogP contribution is -2.06. The molecule has 0 bridgehead atoms. The van der Waals surface area contributed by atoms with Crippen LogP contribution in [0.1, 0.15) is 34.2 Å². The van der Waals surface area contributed by atoms with E-state index >= 15 is 0 Å². The van der Waals surface area contributed by atoms with Gasteiger partial charge in [-0.25, -0.2) is 0 Å². The van der Waals surface area contributed by atoms with Gasteiger partial charge in [-0.1, -0.05) is 66.3 Å². The van der Waals surface area contributed by atoms with Crippen LogP contribution in [0.15, 0.2) is 48.5 Å². The Morgan fingerprint density at radius 3 is 2.57 bits per heavy atom. The van der Waals surface area contributed by atoms with E-state index in [0.717, 1.165) is 13.0 Å². The predicted octanol–water partition coefficient (Wildman–Crippen LogP) is 4.52. The summed E-state index contributed by atoms with van der Waals surface area (Å²) in [7, 11) is 2.00. The molecule has 1 heteroatoms. The first kappa shape index (κ1) is 13.8. The van der Waals surface area contributed by atoms with Crippen LogP contribution in [0.3, 0.4) is 0 Å². The summed E-state index contributed by atoms with van der Waals surface area (Å²) >= 11 is 0. The summed E-state index contributed by atoms with van der Waals surface area (Å²) in [5, 5.41) is 3.22. The van der Waals surface area contributed by atoms with Crippen molar-refractivity contribution in [3.05, 3.63) is 76.4 Å². The third-order valence-corrected chi connectivity index (χ3v) is 3.93. The molecule has 1 aliphatic carbocycles. The van der Waals surface area contributed by atoms with Crippen molar-refractivity contribution in [2.75, 3.05) is 13.6 Å². The zero-order chi connectivity index (χ0) is 14.7. The first-order chi connectivity index (χ1) is 10.3. The third-order valence-electron chi connectivity index (χ3n) is 3.93. The SMILES string of the molecule is CNCC/C=C1/c2ccccc2C=Cc2cc(C)ccc21. The van der Waals surface area contributed by atoms with Crippen LogP contribution in [-0.4, -0.2) is 13.6 Å². The van der Waals surface area contributed by atoms with Crippen LogP contribution >= 0.6 is 0 Å². The van der Waals surface area contributed by atoms with Crippen LogP contribution in [0.2, 0.25) is 0 Å². The van der Waals surface area contributed by atoms with E-state index in [2.05, 4.69) is 72.9 Å². The third kappa shape index (κ3) is 2.84. The zero-order valence-electron chi connectivity index (χ0n) is 12.7. The van der Waals surface area contributed by atoms with E-state index in [1.54, 1.807) is 0 Å². The number of nitrogens with one attached hydrogen (secondary N) is 1. The largest absolute Gasteiger partial charge is 0.319 e. The molecule has 0 unspecified atom stereocenters. The zero-order valence-corrected chi connectivity index (χ0v) is 12.7. The van der Waals surface area contributed by atoms with Crippen LogP contribution in [0.25, 0.3) is 17.7 Å². The van der Waals surface area contributed by atoms with Gasteiger partial charge in [0.25, 0.3) is 0 Å². The Morgan fingerprint density at radius 2 is 1.71 bits per heavy atom. The van der Waals surface area contributed by atoms with Crippen molar-refractivity contribution in [1.82, 2.24) is 5.32 Å². The van der Waals surface area contributed by atoms with E-state index in [-0.39, 0.29) is 0 Å². The lowest BCUT2D eigenvalue weighted by Gasteiger charge is -2.12. The maximum absolute atomic E-state index is 3.22. The van der Waals surface area contributed by atoms with Gasteiger partial charge in [0.15, 0.2) is 0 Å². The highest BCUT2D eigenvalue weighted by Crippen LogP contribution is 2.34. The monoisotopic (exact) mass is 275 g/mol. The van der Waals surface area contributed by atoms with Crippen molar-refractivity contribution in [2.24, 2.45) is 0 Å². The number of hydrogen-bond acceptors (Lipinski definition) is 1. The van der Waals surface area contributed by atoms with Gasteiger partial charge in [-0.15, -0.1) is 0 Å². The summed E-state index contributed by atoms with van der Waals surface area (Å²) in [6.07, 6.45) is 7.86. The van der Waals surface area contributed by atoms with Gasteiger partial charge in [0, 0.05) is 0 Å². The Labute approximate surface area is 127 Å². The van der Waals surface area contributed by atoms with Crippen molar-refractivity contribution < 1.29 is 0 Å². The summed E-state index contributed by atoms with van der Waals surface area (Å²) in [6, 6.07) is 15.4. The van der Waals surface area contributed by atoms with Gasteiger partial charge in [-0.2, -0.15) is 0 Å². The Hall–Kier alpha value is -2.12. The van der Waals surface area contributed by atoms with Crippen molar-refractivity contribution in [1.29, 1.82) is 0 Å². The molecule has 0 radical (unpaired) electrons. The number of benzene rings is 2. The quantitative estimate of drug-likeness (QED) is 0.693. The molecule has 106 valence electrons. The summed E-state index contributed by atoms with van der Waals surface area (Å²) in [6.45, 7) is 3.15. The van der Waals surface area contributed by atoms with Gasteiger partial charge < -0.3 is 5.32 Å². The summed E-state index contributed by atoms with van der Waals surface area (Å²) < 4.78 is 0. The van der Waals surface area contributed by atoms with Gasteiger partial charge >= 0.3 is 0 Å². The number of fused-ring (bicyclic) bond motifs is 2. The molecule has 1 N–H and O–H groups in total. The van der Waals surface area contributed by atoms with E-state index in [1.165, 1.54) is 33.4 Å². The molecule has 0 spiro atoms. The van der Waals surface area contributed by atoms with Gasteiger partial charge in [0.2, 0.25) is 0 Å². The molecular formula is C20H21N. The van der Waals surface area contributed by atoms with E-state index in [1.807, 2.05) is 7.05 Å². The highest BCUT2D eigenvalue weighted by atomic mass is 14.8. The van der Waals surface area contributed by atoms with Crippen molar-refractivity contribution in [2.45, 2.75) is 13.3 Å². The standard InChI is InChI=1S/C20H21N/c1-15-9-12-19-17(14-15)11-10-16-6-3-4-7-18(16)20(19)8-5-13-21-2/h3-4,6-12,14,21H,5,13H2,1-2H3/b20-8-. The number of aryl methyl sites for hydroxylation is 1. The van der Waals surface area contributed by atoms with E-state index in [4.69, 9.17) is 0 Å². The van der Waals surface area contributed by atoms with Crippen LogP contribution in [0, 0.1) is 6.92 Å². The second-order valence-electron chi connectivity index (χ2n) is 5.52. The Bertz CT molecular complexity index is 708. The van der Waals surface area contributed by atoms with Crippen LogP contribution in [-0.2, 0) is 0 Å². The predicted molar refractivity (Wildman–Crippen MR) is 92.2 cm³/mol. The lowest BCUT2D eigenvalue weighted by atomic mass is 9.92. The molecule has 0 atom stereocenters. The van der Waals surface area contributed by atoms with Crippen LogP contribution in [0.4, 0.5) is 0 Å². The molecule has 3 rings (SSSR count). The van der Waals surface area contributed by atoms with Crippen molar-refractivity contribution >= 4 is 17.7 Å². The molecule has 2 aromatic carbocycles. The minimum Gasteiger partial charge on any atom is -0.319 e. The normalized spacial score (nSPS) is 14.7. The van der Waals surface area contributed by atoms with Crippen molar-refractivity contribution in [3.8, 4) is 0 Å². The molecule has 0 heterocycles. The van der Waals surface area contributed by atoms with Gasteiger partial charge in [0.05, 0.1) is 0 Å². The second-order valence-corrected chi connectivity index (χ2v) is 5.52. The topological polar surface area (TPSA) is 12.0 Å². The van der Waals surface area contributed by atoms with Gasteiger partial charge in [-0.3, -0.25) is 0 Å². The molecule has 0 saturated carbocycles. The molecular weight excluding hydrogens is 254 g/mol. The Balaban J connectivity index is 2.17. The second kappa shape index (κ2) is 6.11. The number of rotatable bonds is 3. The van der Waals surface area contributed by atoms with E-state index < -0.39 is 0 Å². The van der Waals surface area contributed by atoms with E-state index in [9.17, 15) is 0 Å². The van der Waals surface area contributed by atoms with Gasteiger partial charge in [0.1, 0.15) is 0 Å². The number of hydrogen-bond donors (Lipinski definition) is 1. The smallest absolute Gasteiger partial charge is 0.00169 e. The molecule has 0 amide bonds. The van der Waals surface area contributed by atoms with Crippen LogP contribution < -0.4 is 5.32 Å². The minimum atomic E-state index is 1.00. The highest BCUT2D eigenvalue weighted by molar-refractivity contribution is 5.93. The molecule has 21 heavy (non-hydrogen) atoms. The maximum Gasteiger partial charge on any atom is -0.00169 e. The molecule has 0 fully saturated rings. The lowest BCUT2D eigenvalue weighted by molar-refractivity contribution is 0.808. The first-order valence-corrected chi connectivity index (χ1v) is 7.53. The average Bonchev–Trinajstić information content (AvgIpc) is 2.65. The summed E-state index contributed by atoms with van der Waals surface area (Å²) in [5.74, 6) is 0. The fourth-order valence-corrected chi connectivity index (χ4v) is 2.86. The first-order valence-electron chi connectivity index (χ1n) is 7.53. The summed E-state index contributed by atoms with van der Waals surface area (Å²) in [5.41, 5.74) is 7.91. The van der Waals surface area contributed by atoms with Crippen molar-refractivity contribution in [3.63, 3.8) is 0 Å². The minimum absolute atomic E-state index is 1.00. The molecule has 1 aliphatic rings. The Morgan fingerprint density at radius 1 is 0.952 bits per heavy atom. The fraction of sp³-hybridized carbons (Fsp3) is 0.200. The Kier molecular flexibility index (Phi) is 4.03. The molecule has 0 saturated heterocycles. The molecule has 0 aromatic heterocycles. The summed E-state index contributed by atoms with van der Waals surface area (Å²) in [4.78, 5) is 0. The molecule has 0 aliphatic heterocycles.